The van der Waals surface area contributed by atoms with Crippen LogP contribution in [0, 0.1) is 0 Å². The van der Waals surface area contributed by atoms with Gasteiger partial charge in [0, 0.05) is 81.1 Å². The summed E-state index contributed by atoms with van der Waals surface area (Å²) in [5, 5.41) is 4.30. The summed E-state index contributed by atoms with van der Waals surface area (Å²) < 4.78 is 18.5. The number of ether oxygens (including phenoxy) is 3. The lowest BCUT2D eigenvalue weighted by Gasteiger charge is -2.38. The Labute approximate surface area is 262 Å². The molecule has 2 saturated heterocycles. The van der Waals surface area contributed by atoms with E-state index in [2.05, 4.69) is 33.6 Å². The predicted octanol–water partition coefficient (Wildman–Crippen LogP) is 2.59. The van der Waals surface area contributed by atoms with Crippen LogP contribution in [-0.2, 0) is 16.1 Å². The Kier molecular flexibility index (Phi) is 10.4. The largest absolute Gasteiger partial charge is 0.497 e. The van der Waals surface area contributed by atoms with Gasteiger partial charge in [-0.15, -0.1) is 0 Å². The number of fused-ring (bicyclic) bond motifs is 1. The summed E-state index contributed by atoms with van der Waals surface area (Å²) in [6, 6.07) is 5.13. The molecule has 0 aliphatic carbocycles. The first-order chi connectivity index (χ1) is 21.3. The molecule has 0 bridgehead atoms. The van der Waals surface area contributed by atoms with Crippen molar-refractivity contribution in [3.8, 4) is 22.6 Å². The van der Waals surface area contributed by atoms with E-state index in [1.807, 2.05) is 0 Å². The molecular weight excluding hydrogens is 586 g/mol. The molecule has 1 aromatic carbocycles. The maximum Gasteiger partial charge on any atom is 0.260 e. The summed E-state index contributed by atoms with van der Waals surface area (Å²) in [6.45, 7) is 14.1. The number of halogens is 1. The van der Waals surface area contributed by atoms with Crippen molar-refractivity contribution < 1.29 is 19.0 Å². The van der Waals surface area contributed by atoms with Crippen molar-refractivity contribution in [3.63, 3.8) is 0 Å². The summed E-state index contributed by atoms with van der Waals surface area (Å²) in [4.78, 5) is 41.7. The molecule has 1 amide bonds. The molecular formula is C31H40ClN7O5. The minimum Gasteiger partial charge on any atom is -0.497 e. The van der Waals surface area contributed by atoms with Crippen LogP contribution in [0.2, 0.25) is 5.02 Å². The van der Waals surface area contributed by atoms with Crippen molar-refractivity contribution in [1.29, 1.82) is 0 Å². The number of methoxy groups -OCH3 is 2. The van der Waals surface area contributed by atoms with Crippen LogP contribution in [0.25, 0.3) is 22.2 Å². The minimum absolute atomic E-state index is 0.104. The number of anilines is 1. The summed E-state index contributed by atoms with van der Waals surface area (Å²) >= 11 is 6.69. The molecule has 0 saturated carbocycles. The number of nitrogens with zero attached hydrogens (tertiary/aromatic N) is 6. The van der Waals surface area contributed by atoms with Crippen LogP contribution in [0.15, 0.2) is 41.8 Å². The molecule has 12 nitrogen and oxygen atoms in total. The molecule has 3 aromatic rings. The van der Waals surface area contributed by atoms with E-state index in [9.17, 15) is 9.59 Å². The molecule has 236 valence electrons. The smallest absolute Gasteiger partial charge is 0.260 e. The Bertz CT molecular complexity index is 1550. The second kappa shape index (κ2) is 14.4. The van der Waals surface area contributed by atoms with E-state index >= 15 is 0 Å². The van der Waals surface area contributed by atoms with Gasteiger partial charge in [-0.05, 0) is 24.8 Å². The van der Waals surface area contributed by atoms with Gasteiger partial charge in [0.05, 0.1) is 38.5 Å². The molecule has 0 spiro atoms. The predicted molar refractivity (Wildman–Crippen MR) is 171 cm³/mol. The third kappa shape index (κ3) is 6.99. The molecule has 2 aromatic heterocycles. The van der Waals surface area contributed by atoms with E-state index in [4.69, 9.17) is 30.8 Å². The maximum atomic E-state index is 14.1. The van der Waals surface area contributed by atoms with Crippen molar-refractivity contribution in [2.75, 3.05) is 85.0 Å². The fraction of sp³-hybridized carbons (Fsp3) is 0.484. The number of likely N-dealkylation sites (N-methyl/N-ethyl adjacent to an activating group) is 1. The topological polar surface area (TPSA) is 114 Å². The fourth-order valence-electron chi connectivity index (χ4n) is 5.50. The van der Waals surface area contributed by atoms with Gasteiger partial charge in [-0.2, -0.15) is 4.98 Å². The summed E-state index contributed by atoms with van der Waals surface area (Å²) in [5.74, 6) is 1.23. The zero-order chi connectivity index (χ0) is 31.2. The zero-order valence-corrected chi connectivity index (χ0v) is 26.3. The number of pyridine rings is 1. The van der Waals surface area contributed by atoms with Gasteiger partial charge in [0.2, 0.25) is 11.9 Å². The summed E-state index contributed by atoms with van der Waals surface area (Å²) in [5.41, 5.74) is 1.04. The normalized spacial score (nSPS) is 16.1. The molecule has 1 N–H and O–H groups in total. The van der Waals surface area contributed by atoms with Gasteiger partial charge in [0.15, 0.2) is 0 Å². The average molecular weight is 626 g/mol. The van der Waals surface area contributed by atoms with Gasteiger partial charge in [-0.25, -0.2) is 4.98 Å². The Balaban J connectivity index is 1.40. The number of hydrogen-bond acceptors (Lipinski definition) is 10. The van der Waals surface area contributed by atoms with Crippen molar-refractivity contribution in [1.82, 2.24) is 29.2 Å². The molecule has 2 aliphatic rings. The van der Waals surface area contributed by atoms with E-state index in [0.29, 0.717) is 64.3 Å². The lowest BCUT2D eigenvalue weighted by Crippen LogP contribution is -2.54. The van der Waals surface area contributed by atoms with Crippen LogP contribution in [0.1, 0.15) is 6.92 Å². The first-order valence-electron chi connectivity index (χ1n) is 14.9. The van der Waals surface area contributed by atoms with E-state index in [1.54, 1.807) is 41.0 Å². The van der Waals surface area contributed by atoms with Crippen LogP contribution in [0.3, 0.4) is 0 Å². The Morgan fingerprint density at radius 2 is 1.84 bits per heavy atom. The van der Waals surface area contributed by atoms with Gasteiger partial charge >= 0.3 is 0 Å². The van der Waals surface area contributed by atoms with Gasteiger partial charge in [0.1, 0.15) is 17.1 Å². The number of carbonyl (C=O) groups is 1. The monoisotopic (exact) mass is 625 g/mol. The number of rotatable bonds is 13. The van der Waals surface area contributed by atoms with Crippen molar-refractivity contribution in [2.24, 2.45) is 0 Å². The van der Waals surface area contributed by atoms with Crippen LogP contribution < -0.4 is 20.3 Å². The van der Waals surface area contributed by atoms with E-state index in [0.717, 1.165) is 39.3 Å². The molecule has 5 rings (SSSR count). The molecule has 13 heteroatoms. The van der Waals surface area contributed by atoms with Crippen molar-refractivity contribution in [2.45, 2.75) is 19.6 Å². The highest BCUT2D eigenvalue weighted by Crippen LogP contribution is 2.38. The molecule has 2 fully saturated rings. The third-order valence-electron chi connectivity index (χ3n) is 8.21. The molecule has 0 unspecified atom stereocenters. The Hall–Kier alpha value is -3.71. The second-order valence-corrected chi connectivity index (χ2v) is 11.2. The number of benzene rings is 1. The molecule has 4 heterocycles. The van der Waals surface area contributed by atoms with Crippen LogP contribution in [-0.4, -0.2) is 121 Å². The van der Waals surface area contributed by atoms with Gasteiger partial charge < -0.3 is 29.3 Å². The van der Waals surface area contributed by atoms with E-state index in [-0.39, 0.29) is 30.7 Å². The van der Waals surface area contributed by atoms with Crippen LogP contribution >= 0.6 is 11.6 Å². The number of aromatic nitrogens is 3. The number of amides is 1. The lowest BCUT2D eigenvalue weighted by atomic mass is 10.0. The van der Waals surface area contributed by atoms with Crippen LogP contribution in [0.5, 0.6) is 11.5 Å². The SMILES string of the molecule is C=CC(=O)N1CC(OCCn2c(=O)c(-c3cc(OC)cc(OC)c3Cl)cc3cnc(NCCN4CCN(CC)CC4)nc32)C1. The highest BCUT2D eigenvalue weighted by atomic mass is 35.5. The second-order valence-electron chi connectivity index (χ2n) is 10.8. The van der Waals surface area contributed by atoms with Gasteiger partial charge in [-0.3, -0.25) is 19.1 Å². The minimum atomic E-state index is -0.283. The van der Waals surface area contributed by atoms with Gasteiger partial charge in [0.25, 0.3) is 5.56 Å². The third-order valence-corrected chi connectivity index (χ3v) is 8.60. The van der Waals surface area contributed by atoms with Gasteiger partial charge in [-0.1, -0.05) is 25.1 Å². The van der Waals surface area contributed by atoms with E-state index in [1.165, 1.54) is 13.2 Å². The molecule has 44 heavy (non-hydrogen) atoms. The fourth-order valence-corrected chi connectivity index (χ4v) is 5.79. The highest BCUT2D eigenvalue weighted by Gasteiger charge is 2.30. The lowest BCUT2D eigenvalue weighted by molar-refractivity contribution is -0.139. The summed E-state index contributed by atoms with van der Waals surface area (Å²) in [6.07, 6.45) is 2.90. The first kappa shape index (κ1) is 31.7. The Morgan fingerprint density at radius 3 is 2.52 bits per heavy atom. The molecule has 0 atom stereocenters. The average Bonchev–Trinajstić information content (AvgIpc) is 3.03. The molecule has 0 radical (unpaired) electrons. The van der Waals surface area contributed by atoms with Crippen molar-refractivity contribution in [3.05, 3.63) is 52.4 Å². The highest BCUT2D eigenvalue weighted by molar-refractivity contribution is 6.35. The van der Waals surface area contributed by atoms with Crippen molar-refractivity contribution >= 4 is 34.5 Å². The number of carbonyl (C=O) groups excluding carboxylic acids is 1. The molecule has 2 aliphatic heterocycles. The number of piperazine rings is 1. The maximum absolute atomic E-state index is 14.1. The Morgan fingerprint density at radius 1 is 1.09 bits per heavy atom. The number of likely N-dealkylation sites (tertiary alicyclic amines) is 1. The van der Waals surface area contributed by atoms with E-state index < -0.39 is 0 Å². The summed E-state index contributed by atoms with van der Waals surface area (Å²) in [7, 11) is 3.05. The zero-order valence-electron chi connectivity index (χ0n) is 25.6. The standard InChI is InChI=1S/C31H40ClN7O5/c1-5-27(40)38-19-23(20-38)44-14-13-39-29-21(15-25(30(39)41)24-16-22(42-3)17-26(43-4)28(24)32)18-34-31(35-29)33-7-8-37-11-9-36(6-2)10-12-37/h5,15-18,23H,1,6-14,19-20H2,2-4H3,(H,33,34,35). The number of hydrogen-bond donors (Lipinski definition) is 1. The quantitative estimate of drug-likeness (QED) is 0.284. The van der Waals surface area contributed by atoms with Crippen LogP contribution in [0.4, 0.5) is 5.95 Å². The number of nitrogens with one attached hydrogen (secondary N) is 1. The first-order valence-corrected chi connectivity index (χ1v) is 15.3.